The lowest BCUT2D eigenvalue weighted by molar-refractivity contribution is -0.384. The van der Waals surface area contributed by atoms with Crippen LogP contribution < -0.4 is 10.0 Å². The van der Waals surface area contributed by atoms with Crippen molar-refractivity contribution in [3.63, 3.8) is 0 Å². The average molecular weight is 554 g/mol. The van der Waals surface area contributed by atoms with E-state index in [0.29, 0.717) is 3.79 Å². The summed E-state index contributed by atoms with van der Waals surface area (Å²) in [4.78, 5) is 34.9. The largest absolute Gasteiger partial charge is 0.449 e. The fourth-order valence-corrected chi connectivity index (χ4v) is 5.61. The molecule has 0 spiro atoms. The van der Waals surface area contributed by atoms with Crippen LogP contribution in [0.2, 0.25) is 0 Å². The summed E-state index contributed by atoms with van der Waals surface area (Å²) in [6.45, 7) is 1.35. The van der Waals surface area contributed by atoms with Crippen LogP contribution in [-0.2, 0) is 19.6 Å². The molecule has 0 radical (unpaired) electrons. The smallest absolute Gasteiger partial charge is 0.338 e. The highest BCUT2D eigenvalue weighted by atomic mass is 79.9. The second-order valence-electron chi connectivity index (χ2n) is 6.59. The molecule has 0 fully saturated rings. The van der Waals surface area contributed by atoms with Gasteiger partial charge in [0.05, 0.1) is 14.3 Å². The number of hydrogen-bond donors (Lipinski definition) is 2. The molecule has 0 saturated carbocycles. The van der Waals surface area contributed by atoms with Gasteiger partial charge in [-0.15, -0.1) is 11.3 Å². The Labute approximate surface area is 200 Å². The van der Waals surface area contributed by atoms with Gasteiger partial charge in [-0.25, -0.2) is 13.2 Å². The highest BCUT2D eigenvalue weighted by Gasteiger charge is 2.21. The first-order valence-corrected chi connectivity index (χ1v) is 12.3. The number of sulfonamides is 1. The maximum Gasteiger partial charge on any atom is 0.338 e. The number of thiophene rings is 1. The molecule has 1 atom stereocenters. The topological polar surface area (TPSA) is 145 Å². The van der Waals surface area contributed by atoms with Crippen LogP contribution >= 0.6 is 27.3 Å². The number of nitrogens with zero attached hydrogens (tertiary/aromatic N) is 1. The normalized spacial score (nSPS) is 11.9. The van der Waals surface area contributed by atoms with Crippen molar-refractivity contribution in [2.24, 2.45) is 0 Å². The third-order valence-corrected chi connectivity index (χ3v) is 7.66. The number of benzene rings is 2. The lowest BCUT2D eigenvalue weighted by Gasteiger charge is -2.14. The van der Waals surface area contributed by atoms with Crippen molar-refractivity contribution in [1.82, 2.24) is 0 Å². The van der Waals surface area contributed by atoms with Crippen LogP contribution in [0.4, 0.5) is 17.1 Å². The molecule has 172 valence electrons. The highest BCUT2D eigenvalue weighted by Crippen LogP contribution is 2.27. The van der Waals surface area contributed by atoms with Crippen LogP contribution in [0.3, 0.4) is 0 Å². The van der Waals surface area contributed by atoms with Crippen molar-refractivity contribution in [3.05, 3.63) is 80.1 Å². The number of carbonyl (C=O) groups is 2. The molecule has 0 aliphatic carbocycles. The quantitative estimate of drug-likeness (QED) is 0.239. The van der Waals surface area contributed by atoms with Gasteiger partial charge in [0, 0.05) is 23.5 Å². The minimum atomic E-state index is -3.77. The predicted octanol–water partition coefficient (Wildman–Crippen LogP) is 4.40. The SMILES string of the molecule is CC(OC(=O)c1ccc(NS(=O)(=O)c2ccc(Br)s2)cc1)C(=O)Nc1cccc([N+](=O)[O-])c1. The summed E-state index contributed by atoms with van der Waals surface area (Å²) in [7, 11) is -3.77. The van der Waals surface area contributed by atoms with Gasteiger partial charge >= 0.3 is 5.97 Å². The standard InChI is InChI=1S/C20H16BrN3O7S2/c1-12(19(25)22-15-3-2-4-16(11-15)24(27)28)31-20(26)13-5-7-14(8-6-13)23-33(29,30)18-10-9-17(21)32-18/h2-12,23H,1H3,(H,22,25). The zero-order chi connectivity index (χ0) is 24.2. The van der Waals surface area contributed by atoms with E-state index in [1.54, 1.807) is 6.07 Å². The molecule has 10 nitrogen and oxygen atoms in total. The first kappa shape index (κ1) is 24.4. The number of amides is 1. The molecule has 1 amide bonds. The molecular formula is C20H16BrN3O7S2. The van der Waals surface area contributed by atoms with Gasteiger partial charge in [-0.1, -0.05) is 6.07 Å². The molecule has 0 aliphatic rings. The van der Waals surface area contributed by atoms with Gasteiger partial charge in [0.1, 0.15) is 4.21 Å². The van der Waals surface area contributed by atoms with E-state index in [2.05, 4.69) is 26.0 Å². The van der Waals surface area contributed by atoms with E-state index in [4.69, 9.17) is 4.74 Å². The Hall–Kier alpha value is -3.29. The summed E-state index contributed by atoms with van der Waals surface area (Å²) in [6, 6.07) is 13.9. The minimum Gasteiger partial charge on any atom is -0.449 e. The molecule has 0 aliphatic heterocycles. The van der Waals surface area contributed by atoms with Crippen molar-refractivity contribution >= 4 is 66.2 Å². The third kappa shape index (κ3) is 6.37. The Morgan fingerprint density at radius 1 is 1.09 bits per heavy atom. The van der Waals surface area contributed by atoms with E-state index < -0.39 is 32.9 Å². The maximum atomic E-state index is 12.4. The van der Waals surface area contributed by atoms with E-state index in [1.807, 2.05) is 0 Å². The second kappa shape index (κ2) is 10.1. The summed E-state index contributed by atoms with van der Waals surface area (Å²) in [5.41, 5.74) is 0.339. The van der Waals surface area contributed by atoms with Gasteiger partial charge < -0.3 is 10.1 Å². The van der Waals surface area contributed by atoms with Crippen molar-refractivity contribution in [1.29, 1.82) is 0 Å². The molecule has 13 heteroatoms. The summed E-state index contributed by atoms with van der Waals surface area (Å²) < 4.78 is 33.1. The van der Waals surface area contributed by atoms with Gasteiger partial charge in [-0.3, -0.25) is 19.6 Å². The Morgan fingerprint density at radius 2 is 1.79 bits per heavy atom. The lowest BCUT2D eigenvalue weighted by atomic mass is 10.2. The van der Waals surface area contributed by atoms with Crippen LogP contribution in [0.1, 0.15) is 17.3 Å². The molecule has 0 bridgehead atoms. The van der Waals surface area contributed by atoms with Crippen molar-refractivity contribution in [3.8, 4) is 0 Å². The van der Waals surface area contributed by atoms with Crippen molar-refractivity contribution in [2.45, 2.75) is 17.2 Å². The number of rotatable bonds is 8. The second-order valence-corrected chi connectivity index (χ2v) is 11.0. The number of hydrogen-bond acceptors (Lipinski definition) is 8. The Morgan fingerprint density at radius 3 is 2.39 bits per heavy atom. The molecule has 1 unspecified atom stereocenters. The van der Waals surface area contributed by atoms with E-state index in [-0.39, 0.29) is 26.8 Å². The molecular weight excluding hydrogens is 538 g/mol. The van der Waals surface area contributed by atoms with Gasteiger partial charge in [-0.05, 0) is 65.3 Å². The highest BCUT2D eigenvalue weighted by molar-refractivity contribution is 9.11. The van der Waals surface area contributed by atoms with Gasteiger partial charge in [0.2, 0.25) is 0 Å². The monoisotopic (exact) mass is 553 g/mol. The molecule has 2 N–H and O–H groups in total. The average Bonchev–Trinajstić information content (AvgIpc) is 3.21. The van der Waals surface area contributed by atoms with E-state index in [9.17, 15) is 28.1 Å². The van der Waals surface area contributed by atoms with E-state index >= 15 is 0 Å². The van der Waals surface area contributed by atoms with Crippen LogP contribution in [0, 0.1) is 10.1 Å². The Bertz CT molecular complexity index is 1310. The number of anilines is 2. The summed E-state index contributed by atoms with van der Waals surface area (Å²) in [5.74, 6) is -1.47. The van der Waals surface area contributed by atoms with Crippen LogP contribution in [0.25, 0.3) is 0 Å². The number of carbonyl (C=O) groups excluding carboxylic acids is 2. The van der Waals surface area contributed by atoms with Gasteiger partial charge in [-0.2, -0.15) is 0 Å². The fraction of sp³-hybridized carbons (Fsp3) is 0.100. The number of halogens is 1. The number of nitro groups is 1. The van der Waals surface area contributed by atoms with Gasteiger partial charge in [0.15, 0.2) is 6.10 Å². The molecule has 2 aromatic carbocycles. The molecule has 33 heavy (non-hydrogen) atoms. The zero-order valence-corrected chi connectivity index (χ0v) is 20.1. The number of non-ortho nitro benzene ring substituents is 1. The zero-order valence-electron chi connectivity index (χ0n) is 16.9. The van der Waals surface area contributed by atoms with E-state index in [1.165, 1.54) is 61.5 Å². The third-order valence-electron chi connectivity index (χ3n) is 4.16. The van der Waals surface area contributed by atoms with Gasteiger partial charge in [0.25, 0.3) is 21.6 Å². The molecule has 1 aromatic heterocycles. The summed E-state index contributed by atoms with van der Waals surface area (Å²) in [5, 5.41) is 13.3. The Kier molecular flexibility index (Phi) is 7.46. The van der Waals surface area contributed by atoms with Crippen LogP contribution in [0.15, 0.2) is 68.7 Å². The fourth-order valence-electron chi connectivity index (χ4n) is 2.55. The van der Waals surface area contributed by atoms with Crippen molar-refractivity contribution in [2.75, 3.05) is 10.0 Å². The molecule has 1 heterocycles. The number of nitrogens with one attached hydrogen (secondary N) is 2. The first-order valence-electron chi connectivity index (χ1n) is 9.20. The van der Waals surface area contributed by atoms with Crippen LogP contribution in [-0.4, -0.2) is 31.3 Å². The molecule has 3 aromatic rings. The number of nitro benzene ring substituents is 1. The minimum absolute atomic E-state index is 0.104. The Balaban J connectivity index is 1.60. The molecule has 0 saturated heterocycles. The number of esters is 1. The first-order chi connectivity index (χ1) is 15.5. The maximum absolute atomic E-state index is 12.4. The lowest BCUT2D eigenvalue weighted by Crippen LogP contribution is -2.30. The number of ether oxygens (including phenoxy) is 1. The van der Waals surface area contributed by atoms with Crippen molar-refractivity contribution < 1.29 is 27.7 Å². The predicted molar refractivity (Wildman–Crippen MR) is 126 cm³/mol. The summed E-state index contributed by atoms with van der Waals surface area (Å²) in [6.07, 6.45) is -1.19. The van der Waals surface area contributed by atoms with E-state index in [0.717, 1.165) is 11.3 Å². The van der Waals surface area contributed by atoms with Crippen LogP contribution in [0.5, 0.6) is 0 Å². The summed E-state index contributed by atoms with van der Waals surface area (Å²) >= 11 is 4.27. The molecule has 3 rings (SSSR count).